The average Bonchev–Trinajstić information content (AvgIpc) is 2.57. The van der Waals surface area contributed by atoms with Crippen LogP contribution in [0.1, 0.15) is 24.1 Å². The molecule has 3 rings (SSSR count). The Kier molecular flexibility index (Phi) is 5.11. The highest BCUT2D eigenvalue weighted by molar-refractivity contribution is 7.80. The molecule has 1 aliphatic heterocycles. The van der Waals surface area contributed by atoms with Gasteiger partial charge in [0, 0.05) is 10.7 Å². The highest BCUT2D eigenvalue weighted by Gasteiger charge is 2.15. The lowest BCUT2D eigenvalue weighted by Gasteiger charge is -2.22. The molecule has 0 amide bonds. The van der Waals surface area contributed by atoms with Gasteiger partial charge in [-0.05, 0) is 61.5 Å². The normalized spacial score (nSPS) is 14.0. The summed E-state index contributed by atoms with van der Waals surface area (Å²) >= 11 is 11.5. The van der Waals surface area contributed by atoms with Gasteiger partial charge in [0.1, 0.15) is 13.2 Å². The second kappa shape index (κ2) is 7.28. The first-order valence-electron chi connectivity index (χ1n) is 7.76. The molecule has 0 unspecified atom stereocenters. The molecule has 6 heteroatoms. The van der Waals surface area contributed by atoms with Crippen LogP contribution in [0.25, 0.3) is 0 Å². The van der Waals surface area contributed by atoms with E-state index in [0.29, 0.717) is 23.3 Å². The van der Waals surface area contributed by atoms with E-state index < -0.39 is 0 Å². The van der Waals surface area contributed by atoms with Gasteiger partial charge in [-0.25, -0.2) is 0 Å². The largest absolute Gasteiger partial charge is 0.486 e. The maximum Gasteiger partial charge on any atom is 0.171 e. The van der Waals surface area contributed by atoms with Crippen LogP contribution < -0.4 is 20.1 Å². The van der Waals surface area contributed by atoms with E-state index in [1.165, 1.54) is 0 Å². The van der Waals surface area contributed by atoms with Gasteiger partial charge in [0.2, 0.25) is 0 Å². The molecule has 0 radical (unpaired) electrons. The van der Waals surface area contributed by atoms with Crippen molar-refractivity contribution in [3.63, 3.8) is 0 Å². The first kappa shape index (κ1) is 16.9. The topological polar surface area (TPSA) is 42.5 Å². The van der Waals surface area contributed by atoms with Crippen molar-refractivity contribution in [1.29, 1.82) is 0 Å². The van der Waals surface area contributed by atoms with Crippen molar-refractivity contribution in [2.24, 2.45) is 0 Å². The van der Waals surface area contributed by atoms with Gasteiger partial charge in [-0.1, -0.05) is 23.7 Å². The van der Waals surface area contributed by atoms with Gasteiger partial charge < -0.3 is 20.1 Å². The number of benzene rings is 2. The number of fused-ring (bicyclic) bond motifs is 1. The molecule has 2 aromatic rings. The molecule has 2 N–H and O–H groups in total. The smallest absolute Gasteiger partial charge is 0.171 e. The predicted octanol–water partition coefficient (Wildman–Crippen LogP) is 4.47. The van der Waals surface area contributed by atoms with Crippen LogP contribution >= 0.6 is 23.8 Å². The Labute approximate surface area is 152 Å². The standard InChI is InChI=1S/C18H19ClN2O2S/c1-11-3-5-14(10-15(11)19)21-18(24)20-12(2)13-4-6-16-17(9-13)23-8-7-22-16/h3-6,9-10,12H,7-8H2,1-2H3,(H2,20,21,24)/t12-/m0/s1. The van der Waals surface area contributed by atoms with E-state index in [0.717, 1.165) is 28.3 Å². The summed E-state index contributed by atoms with van der Waals surface area (Å²) in [7, 11) is 0. The van der Waals surface area contributed by atoms with Gasteiger partial charge >= 0.3 is 0 Å². The van der Waals surface area contributed by atoms with Crippen molar-refractivity contribution in [2.45, 2.75) is 19.9 Å². The summed E-state index contributed by atoms with van der Waals surface area (Å²) in [4.78, 5) is 0. The van der Waals surface area contributed by atoms with Crippen LogP contribution in [0, 0.1) is 6.92 Å². The summed E-state index contributed by atoms with van der Waals surface area (Å²) in [6.07, 6.45) is 0. The van der Waals surface area contributed by atoms with Crippen LogP contribution in [0.3, 0.4) is 0 Å². The van der Waals surface area contributed by atoms with Gasteiger partial charge in [-0.15, -0.1) is 0 Å². The molecule has 0 fully saturated rings. The van der Waals surface area contributed by atoms with Crippen LogP contribution in [-0.4, -0.2) is 18.3 Å². The van der Waals surface area contributed by atoms with Crippen molar-refractivity contribution in [3.8, 4) is 11.5 Å². The molecule has 4 nitrogen and oxygen atoms in total. The number of rotatable bonds is 3. The van der Waals surface area contributed by atoms with Gasteiger partial charge in [-0.2, -0.15) is 0 Å². The Bertz CT molecular complexity index is 767. The number of ether oxygens (including phenoxy) is 2. The molecule has 2 aromatic carbocycles. The monoisotopic (exact) mass is 362 g/mol. The van der Waals surface area contributed by atoms with E-state index >= 15 is 0 Å². The van der Waals surface area contributed by atoms with E-state index in [2.05, 4.69) is 10.6 Å². The number of thiocarbonyl (C=S) groups is 1. The van der Waals surface area contributed by atoms with Crippen molar-refractivity contribution < 1.29 is 9.47 Å². The summed E-state index contributed by atoms with van der Waals surface area (Å²) in [6, 6.07) is 11.7. The van der Waals surface area contributed by atoms with Gasteiger partial charge in [0.05, 0.1) is 6.04 Å². The zero-order chi connectivity index (χ0) is 17.1. The molecule has 1 aliphatic rings. The molecular weight excluding hydrogens is 344 g/mol. The van der Waals surface area contributed by atoms with Crippen LogP contribution in [0.2, 0.25) is 5.02 Å². The van der Waals surface area contributed by atoms with Crippen LogP contribution in [0.5, 0.6) is 11.5 Å². The van der Waals surface area contributed by atoms with Crippen molar-refractivity contribution in [2.75, 3.05) is 18.5 Å². The molecule has 24 heavy (non-hydrogen) atoms. The van der Waals surface area contributed by atoms with Crippen LogP contribution in [0.4, 0.5) is 5.69 Å². The Morgan fingerprint density at radius 1 is 1.12 bits per heavy atom. The molecule has 0 spiro atoms. The molecule has 126 valence electrons. The Hall–Kier alpha value is -1.98. The average molecular weight is 363 g/mol. The van der Waals surface area contributed by atoms with Crippen LogP contribution in [0.15, 0.2) is 36.4 Å². The van der Waals surface area contributed by atoms with Crippen molar-refractivity contribution in [1.82, 2.24) is 5.32 Å². The highest BCUT2D eigenvalue weighted by atomic mass is 35.5. The van der Waals surface area contributed by atoms with Gasteiger partial charge in [-0.3, -0.25) is 0 Å². The SMILES string of the molecule is Cc1ccc(NC(=S)N[C@@H](C)c2ccc3c(c2)OCCO3)cc1Cl. The number of hydrogen-bond donors (Lipinski definition) is 2. The van der Waals surface area contributed by atoms with Gasteiger partial charge in [0.15, 0.2) is 16.6 Å². The Morgan fingerprint density at radius 2 is 1.88 bits per heavy atom. The zero-order valence-electron chi connectivity index (χ0n) is 13.6. The molecule has 1 atom stereocenters. The lowest BCUT2D eigenvalue weighted by Crippen LogP contribution is -2.31. The Balaban J connectivity index is 1.64. The summed E-state index contributed by atoms with van der Waals surface area (Å²) < 4.78 is 11.2. The zero-order valence-corrected chi connectivity index (χ0v) is 15.1. The molecule has 0 aliphatic carbocycles. The predicted molar refractivity (Wildman–Crippen MR) is 101 cm³/mol. The molecule has 0 bridgehead atoms. The quantitative estimate of drug-likeness (QED) is 0.789. The summed E-state index contributed by atoms with van der Waals surface area (Å²) in [5, 5.41) is 7.67. The van der Waals surface area contributed by atoms with E-state index in [-0.39, 0.29) is 6.04 Å². The third-order valence-corrected chi connectivity index (χ3v) is 4.47. The fourth-order valence-electron chi connectivity index (χ4n) is 2.45. The minimum atomic E-state index is 0.0294. The van der Waals surface area contributed by atoms with Gasteiger partial charge in [0.25, 0.3) is 0 Å². The molecule has 0 saturated carbocycles. The maximum atomic E-state index is 6.14. The molecule has 1 heterocycles. The van der Waals surface area contributed by atoms with E-state index in [9.17, 15) is 0 Å². The number of nitrogens with one attached hydrogen (secondary N) is 2. The summed E-state index contributed by atoms with van der Waals surface area (Å²) in [5.74, 6) is 1.56. The van der Waals surface area contributed by atoms with E-state index in [1.807, 2.05) is 50.2 Å². The molecular formula is C18H19ClN2O2S. The van der Waals surface area contributed by atoms with Crippen LogP contribution in [-0.2, 0) is 0 Å². The Morgan fingerprint density at radius 3 is 2.62 bits per heavy atom. The fourth-order valence-corrected chi connectivity index (χ4v) is 2.92. The number of halogens is 1. The van der Waals surface area contributed by atoms with Crippen molar-refractivity contribution >= 4 is 34.6 Å². The minimum Gasteiger partial charge on any atom is -0.486 e. The molecule has 0 aromatic heterocycles. The van der Waals surface area contributed by atoms with E-state index in [4.69, 9.17) is 33.3 Å². The maximum absolute atomic E-state index is 6.14. The summed E-state index contributed by atoms with van der Waals surface area (Å²) in [5.41, 5.74) is 2.97. The first-order valence-corrected chi connectivity index (χ1v) is 8.55. The first-order chi connectivity index (χ1) is 11.5. The number of hydrogen-bond acceptors (Lipinski definition) is 3. The third-order valence-electron chi connectivity index (χ3n) is 3.84. The summed E-state index contributed by atoms with van der Waals surface area (Å²) in [6.45, 7) is 5.17. The fraction of sp³-hybridized carbons (Fsp3) is 0.278. The number of anilines is 1. The van der Waals surface area contributed by atoms with E-state index in [1.54, 1.807) is 0 Å². The van der Waals surface area contributed by atoms with Crippen molar-refractivity contribution in [3.05, 3.63) is 52.5 Å². The lowest BCUT2D eigenvalue weighted by molar-refractivity contribution is 0.171. The lowest BCUT2D eigenvalue weighted by atomic mass is 10.1. The molecule has 0 saturated heterocycles. The number of aryl methyl sites for hydroxylation is 1. The third kappa shape index (κ3) is 3.91. The highest BCUT2D eigenvalue weighted by Crippen LogP contribution is 2.32. The second-order valence-electron chi connectivity index (χ2n) is 5.69. The minimum absolute atomic E-state index is 0.0294. The second-order valence-corrected chi connectivity index (χ2v) is 6.50.